The molecule has 0 bridgehead atoms. The highest BCUT2D eigenvalue weighted by molar-refractivity contribution is 5.64. The van der Waals surface area contributed by atoms with E-state index in [0.717, 1.165) is 12.8 Å². The van der Waals surface area contributed by atoms with Gasteiger partial charge in [0.25, 0.3) is 0 Å². The molecule has 1 aromatic carbocycles. The lowest BCUT2D eigenvalue weighted by Gasteiger charge is -2.39. The first-order chi connectivity index (χ1) is 15.5. The monoisotopic (exact) mass is 427 g/mol. The van der Waals surface area contributed by atoms with Crippen molar-refractivity contribution in [2.75, 3.05) is 0 Å². The molecule has 3 rings (SSSR count). The Balaban J connectivity index is 2.31. The summed E-state index contributed by atoms with van der Waals surface area (Å²) in [5, 5.41) is 3.91. The van der Waals surface area contributed by atoms with Gasteiger partial charge in [-0.2, -0.15) is 4.57 Å². The predicted molar refractivity (Wildman–Crippen MR) is 137 cm³/mol. The number of allylic oxidation sites excluding steroid dienone is 5. The van der Waals surface area contributed by atoms with Crippen LogP contribution >= 0.6 is 0 Å². The number of aryl methyl sites for hydroxylation is 1. The van der Waals surface area contributed by atoms with Gasteiger partial charge in [0.2, 0.25) is 5.69 Å². The van der Waals surface area contributed by atoms with E-state index >= 15 is 0 Å². The van der Waals surface area contributed by atoms with Crippen LogP contribution in [0.2, 0.25) is 0 Å². The highest BCUT2D eigenvalue weighted by Gasteiger charge is 2.45. The Morgan fingerprint density at radius 1 is 1.19 bits per heavy atom. The summed E-state index contributed by atoms with van der Waals surface area (Å²) in [6.07, 6.45) is 12.7. The summed E-state index contributed by atoms with van der Waals surface area (Å²) >= 11 is 0. The zero-order valence-corrected chi connectivity index (χ0v) is 20.4. The van der Waals surface area contributed by atoms with Crippen molar-refractivity contribution < 1.29 is 4.57 Å². The van der Waals surface area contributed by atoms with E-state index in [4.69, 9.17) is 0 Å². The van der Waals surface area contributed by atoms with E-state index in [1.165, 1.54) is 33.7 Å². The molecule has 4 atom stereocenters. The zero-order valence-electron chi connectivity index (χ0n) is 20.4. The molecular formula is C30H39N2+. The molecule has 0 aliphatic carbocycles. The molecule has 0 spiro atoms. The van der Waals surface area contributed by atoms with E-state index in [1.807, 2.05) is 6.08 Å². The molecule has 0 radical (unpaired) electrons. The number of nitrogens with zero attached hydrogens (tertiary/aromatic N) is 1. The summed E-state index contributed by atoms with van der Waals surface area (Å²) in [5.41, 5.74) is 7.90. The van der Waals surface area contributed by atoms with Crippen molar-refractivity contribution in [3.8, 4) is 11.3 Å². The third-order valence-corrected chi connectivity index (χ3v) is 6.93. The fourth-order valence-corrected chi connectivity index (χ4v) is 5.02. The van der Waals surface area contributed by atoms with Gasteiger partial charge < -0.3 is 5.32 Å². The van der Waals surface area contributed by atoms with Gasteiger partial charge in [0, 0.05) is 29.3 Å². The molecule has 4 unspecified atom stereocenters. The van der Waals surface area contributed by atoms with E-state index in [-0.39, 0.29) is 18.0 Å². The second-order valence-corrected chi connectivity index (χ2v) is 9.01. The summed E-state index contributed by atoms with van der Waals surface area (Å²) in [6, 6.07) is 13.9. The molecule has 1 aliphatic rings. The van der Waals surface area contributed by atoms with Crippen LogP contribution in [0.5, 0.6) is 0 Å². The van der Waals surface area contributed by atoms with Crippen LogP contribution in [-0.2, 0) is 0 Å². The summed E-state index contributed by atoms with van der Waals surface area (Å²) < 4.78 is 2.49. The summed E-state index contributed by atoms with van der Waals surface area (Å²) in [7, 11) is 0. The Bertz CT molecular complexity index is 1030. The molecule has 32 heavy (non-hydrogen) atoms. The number of rotatable bonds is 9. The smallest absolute Gasteiger partial charge is 0.213 e. The van der Waals surface area contributed by atoms with Crippen LogP contribution in [0.15, 0.2) is 91.3 Å². The van der Waals surface area contributed by atoms with E-state index in [9.17, 15) is 0 Å². The molecule has 0 saturated carbocycles. The van der Waals surface area contributed by atoms with Gasteiger partial charge in [-0.3, -0.25) is 0 Å². The van der Waals surface area contributed by atoms with Crippen LogP contribution in [-0.4, -0.2) is 6.04 Å². The molecule has 2 heteroatoms. The molecule has 0 amide bonds. The lowest BCUT2D eigenvalue weighted by molar-refractivity contribution is -0.718. The quantitative estimate of drug-likeness (QED) is 0.254. The van der Waals surface area contributed by atoms with Crippen molar-refractivity contribution >= 4 is 0 Å². The second-order valence-electron chi connectivity index (χ2n) is 9.01. The number of fused-ring (bicyclic) bond motifs is 3. The van der Waals surface area contributed by atoms with Crippen molar-refractivity contribution in [2.45, 2.75) is 65.5 Å². The number of benzene rings is 1. The zero-order chi connectivity index (χ0) is 23.3. The van der Waals surface area contributed by atoms with Crippen LogP contribution in [0.1, 0.15) is 63.6 Å². The van der Waals surface area contributed by atoms with E-state index in [0.29, 0.717) is 5.92 Å². The van der Waals surface area contributed by atoms with Crippen molar-refractivity contribution in [1.29, 1.82) is 0 Å². The first-order valence-electron chi connectivity index (χ1n) is 11.9. The Labute approximate surface area is 195 Å². The van der Waals surface area contributed by atoms with Gasteiger partial charge in [0.15, 0.2) is 12.2 Å². The summed E-state index contributed by atoms with van der Waals surface area (Å²) in [4.78, 5) is 0. The predicted octanol–water partition coefficient (Wildman–Crippen LogP) is 7.20. The molecule has 1 N–H and O–H groups in total. The van der Waals surface area contributed by atoms with Crippen molar-refractivity contribution in [3.05, 3.63) is 102 Å². The van der Waals surface area contributed by atoms with Crippen LogP contribution < -0.4 is 9.88 Å². The molecule has 1 aliphatic heterocycles. The minimum atomic E-state index is 0.159. The molecule has 0 saturated heterocycles. The van der Waals surface area contributed by atoms with E-state index in [1.54, 1.807) is 0 Å². The Morgan fingerprint density at radius 2 is 1.94 bits per heavy atom. The molecule has 0 fully saturated rings. The summed E-state index contributed by atoms with van der Waals surface area (Å²) in [5.74, 6) is 0.717. The number of pyridine rings is 1. The highest BCUT2D eigenvalue weighted by Crippen LogP contribution is 2.44. The average Bonchev–Trinajstić information content (AvgIpc) is 2.81. The number of hydrogen-bond acceptors (Lipinski definition) is 1. The number of aromatic nitrogens is 1. The molecule has 2 aromatic rings. The van der Waals surface area contributed by atoms with Gasteiger partial charge in [-0.1, -0.05) is 62.9 Å². The van der Waals surface area contributed by atoms with Gasteiger partial charge in [-0.25, -0.2) is 0 Å². The van der Waals surface area contributed by atoms with Crippen LogP contribution in [0.25, 0.3) is 11.3 Å². The lowest BCUT2D eigenvalue weighted by Crippen LogP contribution is -2.53. The molecule has 168 valence electrons. The maximum atomic E-state index is 4.13. The molecule has 1 aromatic heterocycles. The van der Waals surface area contributed by atoms with Gasteiger partial charge in [0.1, 0.15) is 0 Å². The first kappa shape index (κ1) is 23.8. The highest BCUT2D eigenvalue weighted by atomic mass is 15.0. The summed E-state index contributed by atoms with van der Waals surface area (Å²) in [6.45, 7) is 19.2. The number of nitrogens with one attached hydrogen (secondary N) is 1. The first-order valence-corrected chi connectivity index (χ1v) is 11.9. The SMILES string of the molecule is C=C/C=C(\C(C)CC)C(N/C(C)=C\C)C1c2ccccc2-c2ccc(C)c[n+]2C1CC=C. The van der Waals surface area contributed by atoms with Crippen LogP contribution in [0, 0.1) is 12.8 Å². The Morgan fingerprint density at radius 3 is 2.59 bits per heavy atom. The standard InChI is InChI=1S/C30H39N2/c1-8-14-24(22(6)10-3)30(31-23(7)11-4)29-26-17-13-12-16-25(26)27-19-18-21(5)20-32(27)28(29)15-9-2/h8-9,11-14,16-20,22,28-31H,1-2,10,15H2,3-7H3/q+1/b23-11-,24-14+. The molecule has 2 nitrogen and oxygen atoms in total. The molecule has 2 heterocycles. The largest absolute Gasteiger partial charge is 0.381 e. The van der Waals surface area contributed by atoms with Crippen molar-refractivity contribution in [1.82, 2.24) is 5.32 Å². The Kier molecular flexibility index (Phi) is 7.90. The molecular weight excluding hydrogens is 388 g/mol. The fourth-order valence-electron chi connectivity index (χ4n) is 5.02. The maximum absolute atomic E-state index is 4.13. The lowest BCUT2D eigenvalue weighted by atomic mass is 9.72. The fraction of sp³-hybridized carbons (Fsp3) is 0.367. The van der Waals surface area contributed by atoms with Crippen molar-refractivity contribution in [3.63, 3.8) is 0 Å². The minimum Gasteiger partial charge on any atom is -0.381 e. The van der Waals surface area contributed by atoms with Gasteiger partial charge >= 0.3 is 0 Å². The topological polar surface area (TPSA) is 15.9 Å². The minimum absolute atomic E-state index is 0.159. The number of hydrogen-bond donors (Lipinski definition) is 1. The van der Waals surface area contributed by atoms with Crippen molar-refractivity contribution in [2.24, 2.45) is 5.92 Å². The van der Waals surface area contributed by atoms with Crippen LogP contribution in [0.4, 0.5) is 0 Å². The van der Waals surface area contributed by atoms with E-state index in [2.05, 4.69) is 118 Å². The van der Waals surface area contributed by atoms with Gasteiger partial charge in [-0.15, -0.1) is 6.58 Å². The Hall–Kier alpha value is -2.87. The van der Waals surface area contributed by atoms with E-state index < -0.39 is 0 Å². The third-order valence-electron chi connectivity index (χ3n) is 6.93. The van der Waals surface area contributed by atoms with Crippen LogP contribution in [0.3, 0.4) is 0 Å². The van der Waals surface area contributed by atoms with Gasteiger partial charge in [-0.05, 0) is 56.4 Å². The average molecular weight is 428 g/mol. The maximum Gasteiger partial charge on any atom is 0.213 e. The second kappa shape index (κ2) is 10.6. The normalized spacial score (nSPS) is 20.0. The van der Waals surface area contributed by atoms with Gasteiger partial charge in [0.05, 0.1) is 12.0 Å². The third kappa shape index (κ3) is 4.65.